The summed E-state index contributed by atoms with van der Waals surface area (Å²) < 4.78 is 10.8. The molecule has 2 aromatic heterocycles. The minimum atomic E-state index is -0.0276. The largest absolute Gasteiger partial charge is 0.467 e. The topological polar surface area (TPSA) is 102 Å². The number of carbonyl (C=O) groups is 1. The predicted octanol–water partition coefficient (Wildman–Crippen LogP) is 2.62. The number of benzene rings is 1. The van der Waals surface area contributed by atoms with Crippen LogP contribution in [0.4, 0.5) is 0 Å². The molecule has 1 saturated heterocycles. The Balaban J connectivity index is 1.37. The van der Waals surface area contributed by atoms with Crippen molar-refractivity contribution in [3.05, 3.63) is 59.4 Å². The molecule has 0 saturated carbocycles. The van der Waals surface area contributed by atoms with E-state index in [2.05, 4.69) is 15.0 Å². The lowest BCUT2D eigenvalue weighted by molar-refractivity contribution is 0.0551. The Morgan fingerprint density at radius 2 is 1.93 bits per heavy atom. The van der Waals surface area contributed by atoms with E-state index in [9.17, 15) is 4.79 Å². The van der Waals surface area contributed by atoms with Gasteiger partial charge in [-0.05, 0) is 19.9 Å². The number of carbonyl (C=O) groups excluding carboxylic acids is 1. The number of furan rings is 1. The van der Waals surface area contributed by atoms with Crippen molar-refractivity contribution in [2.24, 2.45) is 5.73 Å². The third-order valence-corrected chi connectivity index (χ3v) is 5.36. The maximum atomic E-state index is 12.6. The fourth-order valence-corrected chi connectivity index (χ4v) is 3.48. The molecule has 1 unspecified atom stereocenters. The Bertz CT molecular complexity index is 970. The monoisotopic (exact) mass is 395 g/mol. The second-order valence-corrected chi connectivity index (χ2v) is 7.33. The fraction of sp³-hybridized carbons (Fsp3) is 0.381. The summed E-state index contributed by atoms with van der Waals surface area (Å²) in [6, 6.07) is 9.73. The minimum Gasteiger partial charge on any atom is -0.467 e. The van der Waals surface area contributed by atoms with Crippen LogP contribution in [-0.4, -0.2) is 52.0 Å². The van der Waals surface area contributed by atoms with Crippen molar-refractivity contribution < 1.29 is 13.7 Å². The highest BCUT2D eigenvalue weighted by Gasteiger charge is 2.28. The van der Waals surface area contributed by atoms with Crippen LogP contribution in [0.2, 0.25) is 0 Å². The van der Waals surface area contributed by atoms with E-state index < -0.39 is 0 Å². The summed E-state index contributed by atoms with van der Waals surface area (Å²) in [7, 11) is 0. The molecule has 3 heterocycles. The minimum absolute atomic E-state index is 0.0169. The number of hydrogen-bond acceptors (Lipinski definition) is 7. The number of hydrogen-bond donors (Lipinski definition) is 1. The Labute approximate surface area is 169 Å². The maximum absolute atomic E-state index is 12.6. The van der Waals surface area contributed by atoms with Gasteiger partial charge in [0.2, 0.25) is 11.7 Å². The number of nitrogens with zero attached hydrogens (tertiary/aromatic N) is 4. The first-order valence-electron chi connectivity index (χ1n) is 9.76. The van der Waals surface area contributed by atoms with E-state index in [0.29, 0.717) is 36.1 Å². The van der Waals surface area contributed by atoms with Gasteiger partial charge in [-0.3, -0.25) is 9.69 Å². The third kappa shape index (κ3) is 4.08. The van der Waals surface area contributed by atoms with E-state index in [1.54, 1.807) is 6.07 Å². The SMILES string of the molecule is Cc1ccc(-c2noc(C(C)N3CCN(C(=O)c4coc(CN)c4)CC3)n2)cc1. The molecule has 1 aromatic carbocycles. The van der Waals surface area contributed by atoms with Crippen molar-refractivity contribution in [3.8, 4) is 11.4 Å². The lowest BCUT2D eigenvalue weighted by Gasteiger charge is -2.36. The van der Waals surface area contributed by atoms with Crippen LogP contribution in [0.3, 0.4) is 0 Å². The van der Waals surface area contributed by atoms with Gasteiger partial charge in [-0.25, -0.2) is 0 Å². The summed E-state index contributed by atoms with van der Waals surface area (Å²) >= 11 is 0. The van der Waals surface area contributed by atoms with Crippen LogP contribution in [-0.2, 0) is 6.54 Å². The molecule has 1 fully saturated rings. The Morgan fingerprint density at radius 3 is 2.59 bits per heavy atom. The van der Waals surface area contributed by atoms with Gasteiger partial charge < -0.3 is 19.6 Å². The summed E-state index contributed by atoms with van der Waals surface area (Å²) in [5.41, 5.74) is 8.22. The quantitative estimate of drug-likeness (QED) is 0.708. The normalized spacial score (nSPS) is 16.2. The van der Waals surface area contributed by atoms with E-state index in [4.69, 9.17) is 14.7 Å². The Hall–Kier alpha value is -2.97. The van der Waals surface area contributed by atoms with Gasteiger partial charge in [0.1, 0.15) is 12.0 Å². The molecule has 2 N–H and O–H groups in total. The molecule has 1 atom stereocenters. The Morgan fingerprint density at radius 1 is 1.21 bits per heavy atom. The zero-order valence-corrected chi connectivity index (χ0v) is 16.7. The van der Waals surface area contributed by atoms with Gasteiger partial charge >= 0.3 is 0 Å². The van der Waals surface area contributed by atoms with E-state index >= 15 is 0 Å². The molecule has 152 valence electrons. The number of aromatic nitrogens is 2. The zero-order chi connectivity index (χ0) is 20.4. The number of rotatable bonds is 5. The van der Waals surface area contributed by atoms with Crippen molar-refractivity contribution in [2.75, 3.05) is 26.2 Å². The molecular formula is C21H25N5O3. The standard InChI is InChI=1S/C21H25N5O3/c1-14-3-5-16(6-4-14)19-23-20(29-24-19)15(2)25-7-9-26(10-8-25)21(27)17-11-18(12-22)28-13-17/h3-6,11,13,15H,7-10,12,22H2,1-2H3. The van der Waals surface area contributed by atoms with Gasteiger partial charge in [0, 0.05) is 31.7 Å². The first-order valence-corrected chi connectivity index (χ1v) is 9.76. The number of aryl methyl sites for hydroxylation is 1. The second-order valence-electron chi connectivity index (χ2n) is 7.33. The molecule has 1 aliphatic heterocycles. The molecule has 0 bridgehead atoms. The molecule has 3 aromatic rings. The highest BCUT2D eigenvalue weighted by atomic mass is 16.5. The van der Waals surface area contributed by atoms with Crippen LogP contribution in [0.25, 0.3) is 11.4 Å². The highest BCUT2D eigenvalue weighted by Crippen LogP contribution is 2.24. The van der Waals surface area contributed by atoms with Crippen LogP contribution < -0.4 is 5.73 Å². The Kier molecular flexibility index (Phi) is 5.46. The van der Waals surface area contributed by atoms with Crippen LogP contribution in [0.1, 0.15) is 40.5 Å². The van der Waals surface area contributed by atoms with Gasteiger partial charge in [-0.15, -0.1) is 0 Å². The average Bonchev–Trinajstić information content (AvgIpc) is 3.43. The highest BCUT2D eigenvalue weighted by molar-refractivity contribution is 5.94. The van der Waals surface area contributed by atoms with Crippen LogP contribution in [0.15, 0.2) is 45.5 Å². The summed E-state index contributed by atoms with van der Waals surface area (Å²) in [6.07, 6.45) is 1.48. The van der Waals surface area contributed by atoms with Crippen LogP contribution in [0.5, 0.6) is 0 Å². The van der Waals surface area contributed by atoms with Gasteiger partial charge in [0.05, 0.1) is 18.2 Å². The predicted molar refractivity (Wildman–Crippen MR) is 107 cm³/mol. The number of amides is 1. The molecule has 29 heavy (non-hydrogen) atoms. The number of piperazine rings is 1. The van der Waals surface area contributed by atoms with Gasteiger partial charge in [-0.2, -0.15) is 4.98 Å². The third-order valence-electron chi connectivity index (χ3n) is 5.36. The van der Waals surface area contributed by atoms with Crippen molar-refractivity contribution in [2.45, 2.75) is 26.4 Å². The molecular weight excluding hydrogens is 370 g/mol. The van der Waals surface area contributed by atoms with Gasteiger partial charge in [-0.1, -0.05) is 35.0 Å². The summed E-state index contributed by atoms with van der Waals surface area (Å²) in [6.45, 7) is 7.10. The number of nitrogens with two attached hydrogens (primary N) is 1. The molecule has 0 aliphatic carbocycles. The molecule has 8 nitrogen and oxygen atoms in total. The van der Waals surface area contributed by atoms with E-state index in [-0.39, 0.29) is 18.5 Å². The second kappa shape index (κ2) is 8.18. The molecule has 0 radical (unpaired) electrons. The van der Waals surface area contributed by atoms with Crippen molar-refractivity contribution in [1.82, 2.24) is 19.9 Å². The zero-order valence-electron chi connectivity index (χ0n) is 16.7. The summed E-state index contributed by atoms with van der Waals surface area (Å²) in [5.74, 6) is 1.76. The molecule has 8 heteroatoms. The smallest absolute Gasteiger partial charge is 0.257 e. The van der Waals surface area contributed by atoms with E-state index in [0.717, 1.165) is 18.7 Å². The summed E-state index contributed by atoms with van der Waals surface area (Å²) in [4.78, 5) is 21.3. The average molecular weight is 395 g/mol. The van der Waals surface area contributed by atoms with Crippen LogP contribution >= 0.6 is 0 Å². The van der Waals surface area contributed by atoms with Crippen LogP contribution in [0, 0.1) is 6.92 Å². The summed E-state index contributed by atoms with van der Waals surface area (Å²) in [5, 5.41) is 4.13. The van der Waals surface area contributed by atoms with E-state index in [1.165, 1.54) is 11.8 Å². The van der Waals surface area contributed by atoms with Crippen molar-refractivity contribution >= 4 is 5.91 Å². The van der Waals surface area contributed by atoms with Gasteiger partial charge in [0.25, 0.3) is 5.91 Å². The lowest BCUT2D eigenvalue weighted by atomic mass is 10.1. The molecule has 1 amide bonds. The van der Waals surface area contributed by atoms with Crippen molar-refractivity contribution in [3.63, 3.8) is 0 Å². The molecule has 0 spiro atoms. The maximum Gasteiger partial charge on any atom is 0.257 e. The fourth-order valence-electron chi connectivity index (χ4n) is 3.48. The molecule has 1 aliphatic rings. The van der Waals surface area contributed by atoms with Crippen molar-refractivity contribution in [1.29, 1.82) is 0 Å². The van der Waals surface area contributed by atoms with Gasteiger partial charge in [0.15, 0.2) is 0 Å². The molecule has 4 rings (SSSR count). The first kappa shape index (κ1) is 19.4. The first-order chi connectivity index (χ1) is 14.0. The lowest BCUT2D eigenvalue weighted by Crippen LogP contribution is -2.49. The van der Waals surface area contributed by atoms with E-state index in [1.807, 2.05) is 43.0 Å².